The molecule has 2 aliphatic heterocycles. The molecule has 0 N–H and O–H groups in total. The lowest BCUT2D eigenvalue weighted by molar-refractivity contribution is 0.187. The van der Waals surface area contributed by atoms with Crippen LogP contribution in [0.4, 0.5) is 0 Å². The zero-order chi connectivity index (χ0) is 15.7. The monoisotopic (exact) mass is 316 g/mol. The van der Waals surface area contributed by atoms with Crippen molar-refractivity contribution in [2.45, 2.75) is 39.2 Å². The van der Waals surface area contributed by atoms with Crippen LogP contribution in [0.2, 0.25) is 0 Å². The molecular weight excluding hydrogens is 300 g/mol. The fourth-order valence-corrected chi connectivity index (χ4v) is 3.19. The number of hydrogen-bond donors (Lipinski definition) is 0. The maximum atomic E-state index is 11.9. The Bertz CT molecular complexity index is 819. The smallest absolute Gasteiger partial charge is 0.320 e. The molecule has 0 spiro atoms. The van der Waals surface area contributed by atoms with E-state index < -0.39 is 11.0 Å². The van der Waals surface area contributed by atoms with Gasteiger partial charge in [-0.05, 0) is 24.3 Å². The van der Waals surface area contributed by atoms with Gasteiger partial charge in [0, 0.05) is 0 Å². The van der Waals surface area contributed by atoms with Gasteiger partial charge in [0.25, 0.3) is 5.43 Å². The van der Waals surface area contributed by atoms with E-state index in [0.29, 0.717) is 17.1 Å². The van der Waals surface area contributed by atoms with Crippen molar-refractivity contribution in [2.24, 2.45) is 0 Å². The van der Waals surface area contributed by atoms with Gasteiger partial charge in [-0.1, -0.05) is 26.3 Å². The topological polar surface area (TPSA) is 69.2 Å². The lowest BCUT2D eigenvalue weighted by Crippen LogP contribution is -2.19. The van der Waals surface area contributed by atoms with Crippen LogP contribution >= 0.6 is 11.3 Å². The highest BCUT2D eigenvalue weighted by Crippen LogP contribution is 2.41. The summed E-state index contributed by atoms with van der Waals surface area (Å²) in [6, 6.07) is 3.83. The van der Waals surface area contributed by atoms with Crippen LogP contribution < -0.4 is 15.7 Å². The van der Waals surface area contributed by atoms with Gasteiger partial charge in [0.15, 0.2) is 5.75 Å². The fraction of sp³-hybridized carbons (Fsp3) is 0.375. The van der Waals surface area contributed by atoms with Gasteiger partial charge in [0.05, 0.1) is 11.0 Å². The number of hydrogen-bond acceptors (Lipinski definition) is 6. The van der Waals surface area contributed by atoms with E-state index in [-0.39, 0.29) is 11.8 Å². The van der Waals surface area contributed by atoms with E-state index in [9.17, 15) is 9.59 Å². The van der Waals surface area contributed by atoms with Gasteiger partial charge in [-0.2, -0.15) is 4.98 Å². The third-order valence-electron chi connectivity index (χ3n) is 3.61. The summed E-state index contributed by atoms with van der Waals surface area (Å²) in [5.74, 6) is 0.469. The highest BCUT2D eigenvalue weighted by atomic mass is 32.1. The quantitative estimate of drug-likeness (QED) is 0.654. The minimum absolute atomic E-state index is 0.0259. The molecule has 1 aromatic rings. The van der Waals surface area contributed by atoms with E-state index in [2.05, 4.69) is 23.8 Å². The van der Waals surface area contributed by atoms with Crippen LogP contribution in [0, 0.1) is 0 Å². The number of aromatic nitrogens is 2. The van der Waals surface area contributed by atoms with Gasteiger partial charge >= 0.3 is 5.56 Å². The molecule has 5 nitrogen and oxygen atoms in total. The van der Waals surface area contributed by atoms with Crippen molar-refractivity contribution in [1.29, 1.82) is 0 Å². The zero-order valence-electron chi connectivity index (χ0n) is 12.5. The van der Waals surface area contributed by atoms with Crippen LogP contribution in [-0.2, 0) is 0 Å². The van der Waals surface area contributed by atoms with Crippen LogP contribution in [0.25, 0.3) is 22.0 Å². The minimum atomic E-state index is -0.761. The molecule has 0 radical (unpaired) electrons. The summed E-state index contributed by atoms with van der Waals surface area (Å²) in [5, 5.41) is 1.94. The Balaban J connectivity index is 2.12. The predicted molar refractivity (Wildman–Crippen MR) is 86.5 cm³/mol. The van der Waals surface area contributed by atoms with Gasteiger partial charge in [-0.25, -0.2) is 4.98 Å². The van der Waals surface area contributed by atoms with Crippen molar-refractivity contribution in [3.63, 3.8) is 0 Å². The molecule has 0 amide bonds. The molecule has 22 heavy (non-hydrogen) atoms. The summed E-state index contributed by atoms with van der Waals surface area (Å²) in [4.78, 5) is 32.5. The van der Waals surface area contributed by atoms with Gasteiger partial charge in [0.2, 0.25) is 0 Å². The number of thiophene rings is 1. The molecule has 0 saturated heterocycles. The van der Waals surface area contributed by atoms with Crippen molar-refractivity contribution in [1.82, 2.24) is 9.97 Å². The van der Waals surface area contributed by atoms with E-state index >= 15 is 0 Å². The average Bonchev–Trinajstić information content (AvgIpc) is 3.19. The van der Waals surface area contributed by atoms with Gasteiger partial charge in [0.1, 0.15) is 17.1 Å². The van der Waals surface area contributed by atoms with Crippen LogP contribution in [0.5, 0.6) is 5.75 Å². The molecule has 0 bridgehead atoms. The first-order valence-corrected chi connectivity index (χ1v) is 8.25. The summed E-state index contributed by atoms with van der Waals surface area (Å²) < 4.78 is 6.08. The number of fused-ring (bicyclic) bond motifs is 1. The molecule has 3 rings (SSSR count). The Hall–Kier alpha value is -2.08. The van der Waals surface area contributed by atoms with Crippen LogP contribution in [0.15, 0.2) is 27.1 Å². The van der Waals surface area contributed by atoms with Gasteiger partial charge in [-0.3, -0.25) is 9.59 Å². The Morgan fingerprint density at radius 2 is 2.00 bits per heavy atom. The van der Waals surface area contributed by atoms with Crippen LogP contribution in [0.1, 0.15) is 33.1 Å². The zero-order valence-corrected chi connectivity index (χ0v) is 13.3. The van der Waals surface area contributed by atoms with E-state index in [1.807, 2.05) is 17.5 Å². The molecule has 6 heteroatoms. The number of nitrogens with zero attached hydrogens (tertiary/aromatic N) is 2. The van der Waals surface area contributed by atoms with Crippen molar-refractivity contribution in [3.8, 4) is 27.7 Å². The summed E-state index contributed by atoms with van der Waals surface area (Å²) >= 11 is 1.52. The first-order chi connectivity index (χ1) is 10.7. The van der Waals surface area contributed by atoms with Crippen LogP contribution in [-0.4, -0.2) is 16.1 Å². The molecule has 114 valence electrons. The molecule has 0 aromatic carbocycles. The summed E-state index contributed by atoms with van der Waals surface area (Å²) in [7, 11) is 0. The standard InChI is InChI=1S/C16H16N2O3S/c1-3-6-9(4-2)21-15-11(10-7-5-8-22-10)17-12-13(15)18-16(20)14(12)19/h5,7-9H,3-4,6H2,1-2H3. The Morgan fingerprint density at radius 3 is 2.64 bits per heavy atom. The average molecular weight is 316 g/mol. The SMILES string of the molecule is CCCC(CC)Oc1c(-c2cccs2)nc2c(=O)c(=O)nc1-2. The van der Waals surface area contributed by atoms with Gasteiger partial charge < -0.3 is 4.74 Å². The number of rotatable bonds is 6. The molecule has 2 aliphatic rings. The summed E-state index contributed by atoms with van der Waals surface area (Å²) in [5.41, 5.74) is -0.378. The minimum Gasteiger partial charge on any atom is -0.486 e. The second-order valence-electron chi connectivity index (χ2n) is 5.15. The highest BCUT2D eigenvalue weighted by Gasteiger charge is 2.29. The molecule has 0 saturated carbocycles. The fourth-order valence-electron chi connectivity index (χ4n) is 2.48. The van der Waals surface area contributed by atoms with E-state index in [1.54, 1.807) is 0 Å². The van der Waals surface area contributed by atoms with Crippen molar-refractivity contribution in [3.05, 3.63) is 38.1 Å². The lowest BCUT2D eigenvalue weighted by atomic mass is 10.1. The third kappa shape index (κ3) is 2.43. The van der Waals surface area contributed by atoms with Crippen LogP contribution in [0.3, 0.4) is 0 Å². The Morgan fingerprint density at radius 1 is 1.18 bits per heavy atom. The van der Waals surface area contributed by atoms with E-state index in [1.165, 1.54) is 11.3 Å². The summed E-state index contributed by atoms with van der Waals surface area (Å²) in [6.07, 6.45) is 2.78. The maximum Gasteiger partial charge on any atom is 0.320 e. The van der Waals surface area contributed by atoms with E-state index in [4.69, 9.17) is 4.74 Å². The second kappa shape index (κ2) is 5.96. The first kappa shape index (κ1) is 14.8. The highest BCUT2D eigenvalue weighted by molar-refractivity contribution is 7.13. The Labute approximate surface area is 131 Å². The molecule has 1 aromatic heterocycles. The molecular formula is C16H16N2O3S. The largest absolute Gasteiger partial charge is 0.486 e. The molecule has 1 atom stereocenters. The summed E-state index contributed by atoms with van der Waals surface area (Å²) in [6.45, 7) is 4.15. The molecule has 3 heterocycles. The predicted octanol–water partition coefficient (Wildman–Crippen LogP) is 2.86. The number of ether oxygens (including phenoxy) is 1. The molecule has 1 unspecified atom stereocenters. The third-order valence-corrected chi connectivity index (χ3v) is 4.48. The normalized spacial score (nSPS) is 12.8. The maximum absolute atomic E-state index is 11.9. The van der Waals surface area contributed by atoms with Crippen molar-refractivity contribution in [2.75, 3.05) is 0 Å². The van der Waals surface area contributed by atoms with Gasteiger partial charge in [-0.15, -0.1) is 11.3 Å². The molecule has 0 aliphatic carbocycles. The Kier molecular flexibility index (Phi) is 4.02. The molecule has 0 fully saturated rings. The van der Waals surface area contributed by atoms with Crippen molar-refractivity contribution >= 4 is 11.3 Å². The first-order valence-electron chi connectivity index (χ1n) is 7.37. The second-order valence-corrected chi connectivity index (χ2v) is 6.09. The van der Waals surface area contributed by atoms with E-state index in [0.717, 1.165) is 24.1 Å². The van der Waals surface area contributed by atoms with Crippen molar-refractivity contribution < 1.29 is 4.74 Å². The lowest BCUT2D eigenvalue weighted by Gasteiger charge is -2.16.